The van der Waals surface area contributed by atoms with E-state index in [0.29, 0.717) is 25.1 Å². The maximum atomic E-state index is 13.0. The summed E-state index contributed by atoms with van der Waals surface area (Å²) in [5, 5.41) is 11.8. The highest BCUT2D eigenvalue weighted by atomic mass is 19.1. The molecule has 5 nitrogen and oxygen atoms in total. The van der Waals surface area contributed by atoms with Gasteiger partial charge in [0.1, 0.15) is 5.82 Å². The third-order valence-electron chi connectivity index (χ3n) is 2.93. The molecule has 1 aromatic rings. The number of nitrogen functional groups attached to an aromatic ring is 1. The number of carbonyl (C=O) groups is 1. The van der Waals surface area contributed by atoms with Crippen molar-refractivity contribution in [3.8, 4) is 0 Å². The van der Waals surface area contributed by atoms with Crippen molar-refractivity contribution in [1.29, 1.82) is 0 Å². The first-order valence-electron chi connectivity index (χ1n) is 6.60. The van der Waals surface area contributed by atoms with Crippen molar-refractivity contribution in [2.24, 2.45) is 0 Å². The van der Waals surface area contributed by atoms with E-state index in [1.54, 1.807) is 6.92 Å². The van der Waals surface area contributed by atoms with Crippen molar-refractivity contribution in [1.82, 2.24) is 4.90 Å². The molecule has 1 amide bonds. The van der Waals surface area contributed by atoms with Crippen LogP contribution in [0.15, 0.2) is 18.2 Å². The van der Waals surface area contributed by atoms with Crippen LogP contribution in [0.3, 0.4) is 0 Å². The van der Waals surface area contributed by atoms with Crippen molar-refractivity contribution >= 4 is 17.3 Å². The van der Waals surface area contributed by atoms with E-state index in [4.69, 9.17) is 5.73 Å². The molecule has 0 aromatic heterocycles. The number of anilines is 2. The van der Waals surface area contributed by atoms with E-state index >= 15 is 0 Å². The molecule has 0 bridgehead atoms. The van der Waals surface area contributed by atoms with Gasteiger partial charge in [-0.05, 0) is 38.6 Å². The van der Waals surface area contributed by atoms with Crippen molar-refractivity contribution < 1.29 is 14.3 Å². The number of hydrogen-bond donors (Lipinski definition) is 3. The Bertz CT molecular complexity index is 452. The number of amides is 1. The van der Waals surface area contributed by atoms with Gasteiger partial charge in [0.15, 0.2) is 0 Å². The molecule has 0 aliphatic carbocycles. The molecule has 0 spiro atoms. The zero-order chi connectivity index (χ0) is 15.1. The molecule has 112 valence electrons. The van der Waals surface area contributed by atoms with Crippen LogP contribution in [0.1, 0.15) is 19.8 Å². The quantitative estimate of drug-likeness (QED) is 0.662. The van der Waals surface area contributed by atoms with Crippen LogP contribution in [0, 0.1) is 5.82 Å². The maximum Gasteiger partial charge on any atom is 0.225 e. The average molecular weight is 283 g/mol. The summed E-state index contributed by atoms with van der Waals surface area (Å²) in [4.78, 5) is 13.7. The molecule has 0 fully saturated rings. The number of nitrogens with zero attached hydrogens (tertiary/aromatic N) is 1. The van der Waals surface area contributed by atoms with Crippen LogP contribution in [0.2, 0.25) is 0 Å². The number of hydrogen-bond acceptors (Lipinski definition) is 4. The average Bonchev–Trinajstić information content (AvgIpc) is 2.38. The molecular weight excluding hydrogens is 261 g/mol. The van der Waals surface area contributed by atoms with E-state index < -0.39 is 5.82 Å². The largest absolute Gasteiger partial charge is 0.396 e. The van der Waals surface area contributed by atoms with Gasteiger partial charge in [0, 0.05) is 25.2 Å². The van der Waals surface area contributed by atoms with Crippen LogP contribution < -0.4 is 11.1 Å². The molecule has 1 atom stereocenters. The van der Waals surface area contributed by atoms with Crippen molar-refractivity contribution in [2.45, 2.75) is 25.9 Å². The lowest BCUT2D eigenvalue weighted by Crippen LogP contribution is -2.26. The summed E-state index contributed by atoms with van der Waals surface area (Å²) in [6.45, 7) is 3.06. The molecular formula is C14H22FN3O2. The predicted molar refractivity (Wildman–Crippen MR) is 77.9 cm³/mol. The highest BCUT2D eigenvalue weighted by molar-refractivity contribution is 5.91. The van der Waals surface area contributed by atoms with Gasteiger partial charge in [0.25, 0.3) is 0 Å². The number of nitrogens with one attached hydrogen (secondary N) is 1. The number of halogens is 1. The Labute approximate surface area is 118 Å². The number of nitrogens with two attached hydrogens (primary N) is 1. The summed E-state index contributed by atoms with van der Waals surface area (Å²) in [6, 6.07) is 4.09. The lowest BCUT2D eigenvalue weighted by Gasteiger charge is -2.17. The first-order valence-corrected chi connectivity index (χ1v) is 6.60. The molecule has 0 saturated heterocycles. The lowest BCUT2D eigenvalue weighted by atomic mass is 10.2. The minimum absolute atomic E-state index is 0.0110. The third-order valence-corrected chi connectivity index (χ3v) is 2.93. The highest BCUT2D eigenvalue weighted by Gasteiger charge is 2.07. The molecule has 20 heavy (non-hydrogen) atoms. The Morgan fingerprint density at radius 2 is 2.20 bits per heavy atom. The van der Waals surface area contributed by atoms with Crippen molar-refractivity contribution in [3.05, 3.63) is 24.0 Å². The van der Waals surface area contributed by atoms with E-state index in [-0.39, 0.29) is 17.7 Å². The topological polar surface area (TPSA) is 78.6 Å². The summed E-state index contributed by atoms with van der Waals surface area (Å²) >= 11 is 0. The van der Waals surface area contributed by atoms with E-state index in [2.05, 4.69) is 5.32 Å². The maximum absolute atomic E-state index is 13.0. The molecule has 1 rings (SSSR count). The molecule has 1 aromatic carbocycles. The summed E-state index contributed by atoms with van der Waals surface area (Å²) in [7, 11) is 1.89. The Kier molecular flexibility index (Phi) is 6.41. The van der Waals surface area contributed by atoms with Crippen molar-refractivity contribution in [2.75, 3.05) is 31.2 Å². The van der Waals surface area contributed by atoms with E-state index in [1.807, 2.05) is 11.9 Å². The SMILES string of the molecule is CC(O)CCN(C)CCC(=O)Nc1ccc(F)c(N)c1. The number of benzene rings is 1. The third kappa shape index (κ3) is 5.99. The minimum atomic E-state index is -0.499. The summed E-state index contributed by atoms with van der Waals surface area (Å²) in [6.07, 6.45) is 0.661. The number of aliphatic hydroxyl groups excluding tert-OH is 1. The van der Waals surface area contributed by atoms with Gasteiger partial charge in [0.2, 0.25) is 5.91 Å². The first kappa shape index (κ1) is 16.4. The second-order valence-electron chi connectivity index (χ2n) is 4.98. The van der Waals surface area contributed by atoms with Gasteiger partial charge in [-0.3, -0.25) is 4.79 Å². The molecule has 6 heteroatoms. The molecule has 0 aliphatic rings. The Balaban J connectivity index is 2.34. The Morgan fingerprint density at radius 1 is 1.50 bits per heavy atom. The van der Waals surface area contributed by atoms with Gasteiger partial charge in [-0.25, -0.2) is 4.39 Å². The van der Waals surface area contributed by atoms with Crippen LogP contribution in [-0.4, -0.2) is 42.2 Å². The van der Waals surface area contributed by atoms with E-state index in [1.165, 1.54) is 18.2 Å². The van der Waals surface area contributed by atoms with E-state index in [9.17, 15) is 14.3 Å². The smallest absolute Gasteiger partial charge is 0.225 e. The molecule has 0 saturated carbocycles. The second-order valence-corrected chi connectivity index (χ2v) is 4.98. The zero-order valence-electron chi connectivity index (χ0n) is 11.9. The number of rotatable bonds is 7. The van der Waals surface area contributed by atoms with E-state index in [0.717, 1.165) is 6.54 Å². The van der Waals surface area contributed by atoms with Crippen LogP contribution in [0.25, 0.3) is 0 Å². The van der Waals surface area contributed by atoms with Crippen molar-refractivity contribution in [3.63, 3.8) is 0 Å². The van der Waals surface area contributed by atoms with Gasteiger partial charge in [-0.15, -0.1) is 0 Å². The van der Waals surface area contributed by atoms with Crippen LogP contribution in [0.5, 0.6) is 0 Å². The van der Waals surface area contributed by atoms with Crippen LogP contribution in [-0.2, 0) is 4.79 Å². The monoisotopic (exact) mass is 283 g/mol. The minimum Gasteiger partial charge on any atom is -0.396 e. The van der Waals surface area contributed by atoms with Gasteiger partial charge in [0.05, 0.1) is 11.8 Å². The molecule has 0 heterocycles. The standard InChI is InChI=1S/C14H22FN3O2/c1-10(19)5-7-18(2)8-6-14(20)17-11-3-4-12(15)13(16)9-11/h3-4,9-10,19H,5-8,16H2,1-2H3,(H,17,20). The summed E-state index contributed by atoms with van der Waals surface area (Å²) < 4.78 is 13.0. The summed E-state index contributed by atoms with van der Waals surface area (Å²) in [5.41, 5.74) is 5.93. The second kappa shape index (κ2) is 7.81. The molecule has 0 aliphatic heterocycles. The zero-order valence-corrected chi connectivity index (χ0v) is 11.9. The highest BCUT2D eigenvalue weighted by Crippen LogP contribution is 2.16. The molecule has 1 unspecified atom stereocenters. The molecule has 0 radical (unpaired) electrons. The van der Waals surface area contributed by atoms with Gasteiger partial charge in [-0.1, -0.05) is 0 Å². The normalized spacial score (nSPS) is 12.4. The Morgan fingerprint density at radius 3 is 2.80 bits per heavy atom. The predicted octanol–water partition coefficient (Wildman–Crippen LogP) is 1.44. The lowest BCUT2D eigenvalue weighted by molar-refractivity contribution is -0.116. The Hall–Kier alpha value is -1.66. The molecule has 4 N–H and O–H groups in total. The number of aliphatic hydroxyl groups is 1. The fourth-order valence-electron chi connectivity index (χ4n) is 1.66. The van der Waals surface area contributed by atoms with Gasteiger partial charge < -0.3 is 21.1 Å². The fraction of sp³-hybridized carbons (Fsp3) is 0.500. The first-order chi connectivity index (χ1) is 9.38. The van der Waals surface area contributed by atoms with Crippen LogP contribution >= 0.6 is 0 Å². The fourth-order valence-corrected chi connectivity index (χ4v) is 1.66. The summed E-state index contributed by atoms with van der Waals surface area (Å²) in [5.74, 6) is -0.652. The van der Waals surface area contributed by atoms with Gasteiger partial charge in [-0.2, -0.15) is 0 Å². The van der Waals surface area contributed by atoms with Gasteiger partial charge >= 0.3 is 0 Å². The van der Waals surface area contributed by atoms with Crippen LogP contribution in [0.4, 0.5) is 15.8 Å². The number of carbonyl (C=O) groups excluding carboxylic acids is 1.